The minimum atomic E-state index is -0.415. The van der Waals surface area contributed by atoms with Crippen molar-refractivity contribution in [2.45, 2.75) is 0 Å². The number of halogens is 1. The number of hydrogen-bond acceptors (Lipinski definition) is 6. The van der Waals surface area contributed by atoms with E-state index in [0.29, 0.717) is 54.0 Å². The first-order valence-corrected chi connectivity index (χ1v) is 11.0. The summed E-state index contributed by atoms with van der Waals surface area (Å²) in [5.74, 6) is 0.279. The smallest absolute Gasteiger partial charge is 0.267 e. The summed E-state index contributed by atoms with van der Waals surface area (Å²) in [5, 5.41) is 6.12. The molecule has 1 aliphatic rings. The van der Waals surface area contributed by atoms with Gasteiger partial charge in [0.1, 0.15) is 5.70 Å². The van der Waals surface area contributed by atoms with Crippen LogP contribution in [0.1, 0.15) is 15.9 Å². The average molecular weight is 474 g/mol. The van der Waals surface area contributed by atoms with Crippen LogP contribution in [-0.2, 0) is 9.53 Å². The number of nitrogens with zero attached hydrogens (tertiary/aromatic N) is 1. The summed E-state index contributed by atoms with van der Waals surface area (Å²) in [7, 11) is 3.08. The molecule has 2 amide bonds. The number of carbonyl (C=O) groups is 2. The lowest BCUT2D eigenvalue weighted by molar-refractivity contribution is -0.117. The molecule has 1 aliphatic heterocycles. The second-order valence-electron chi connectivity index (χ2n) is 7.34. The van der Waals surface area contributed by atoms with Crippen LogP contribution in [0.4, 0.5) is 0 Å². The Kier molecular flexibility index (Phi) is 9.12. The van der Waals surface area contributed by atoms with Crippen molar-refractivity contribution in [1.82, 2.24) is 15.5 Å². The van der Waals surface area contributed by atoms with Gasteiger partial charge >= 0.3 is 0 Å². The SMILES string of the molecule is COc1ccc(/C=C(\NC(=O)c2ccc(Cl)cc2)C(=O)NCCN2CCOCC2)cc1OC. The molecule has 1 fully saturated rings. The molecule has 0 saturated carbocycles. The van der Waals surface area contributed by atoms with E-state index in [1.807, 2.05) is 0 Å². The Morgan fingerprint density at radius 2 is 1.76 bits per heavy atom. The van der Waals surface area contributed by atoms with E-state index < -0.39 is 5.91 Å². The number of benzene rings is 2. The maximum atomic E-state index is 13.0. The van der Waals surface area contributed by atoms with E-state index in [9.17, 15) is 9.59 Å². The topological polar surface area (TPSA) is 89.1 Å². The standard InChI is InChI=1S/C24H28ClN3O5/c1-31-21-8-3-17(16-22(21)32-2)15-20(27-23(29)18-4-6-19(25)7-5-18)24(30)26-9-10-28-11-13-33-14-12-28/h3-8,15-16H,9-14H2,1-2H3,(H,26,30)(H,27,29)/b20-15-. The molecule has 0 unspecified atom stereocenters. The van der Waals surface area contributed by atoms with E-state index in [1.54, 1.807) is 55.7 Å². The fourth-order valence-electron chi connectivity index (χ4n) is 3.31. The molecule has 1 saturated heterocycles. The van der Waals surface area contributed by atoms with Gasteiger partial charge < -0.3 is 24.8 Å². The van der Waals surface area contributed by atoms with Crippen molar-refractivity contribution in [2.75, 3.05) is 53.6 Å². The zero-order chi connectivity index (χ0) is 23.6. The largest absolute Gasteiger partial charge is 0.493 e. The van der Waals surface area contributed by atoms with E-state index in [2.05, 4.69) is 15.5 Å². The van der Waals surface area contributed by atoms with Crippen LogP contribution in [0.25, 0.3) is 6.08 Å². The fourth-order valence-corrected chi connectivity index (χ4v) is 3.44. The molecule has 9 heteroatoms. The van der Waals surface area contributed by atoms with Crippen molar-refractivity contribution in [3.63, 3.8) is 0 Å². The minimum Gasteiger partial charge on any atom is -0.493 e. The summed E-state index contributed by atoms with van der Waals surface area (Å²) in [6.07, 6.45) is 1.60. The number of hydrogen-bond donors (Lipinski definition) is 2. The first-order chi connectivity index (χ1) is 16.0. The van der Waals surface area contributed by atoms with Crippen molar-refractivity contribution >= 4 is 29.5 Å². The lowest BCUT2D eigenvalue weighted by Gasteiger charge is -2.26. The molecule has 0 spiro atoms. The second kappa shape index (κ2) is 12.2. The summed E-state index contributed by atoms with van der Waals surface area (Å²) in [4.78, 5) is 28.0. The predicted octanol–water partition coefficient (Wildman–Crippen LogP) is 2.58. The van der Waals surface area contributed by atoms with Crippen LogP contribution in [0.2, 0.25) is 5.02 Å². The number of nitrogens with one attached hydrogen (secondary N) is 2. The molecular formula is C24H28ClN3O5. The van der Waals surface area contributed by atoms with Gasteiger partial charge in [0.2, 0.25) is 0 Å². The molecular weight excluding hydrogens is 446 g/mol. The van der Waals surface area contributed by atoms with E-state index in [1.165, 1.54) is 7.11 Å². The minimum absolute atomic E-state index is 0.115. The molecule has 0 aromatic heterocycles. The van der Waals surface area contributed by atoms with Gasteiger partial charge in [0.05, 0.1) is 27.4 Å². The van der Waals surface area contributed by atoms with Gasteiger partial charge in [0.25, 0.3) is 11.8 Å². The lowest BCUT2D eigenvalue weighted by atomic mass is 10.1. The average Bonchev–Trinajstić information content (AvgIpc) is 2.84. The van der Waals surface area contributed by atoms with Crippen molar-refractivity contribution in [3.05, 3.63) is 64.3 Å². The quantitative estimate of drug-likeness (QED) is 0.544. The van der Waals surface area contributed by atoms with Gasteiger partial charge in [0, 0.05) is 36.8 Å². The number of amides is 2. The predicted molar refractivity (Wildman–Crippen MR) is 127 cm³/mol. The Labute approximate surface area is 198 Å². The summed E-state index contributed by atoms with van der Waals surface area (Å²) < 4.78 is 16.0. The third-order valence-electron chi connectivity index (χ3n) is 5.14. The van der Waals surface area contributed by atoms with Crippen molar-refractivity contribution < 1.29 is 23.8 Å². The third-order valence-corrected chi connectivity index (χ3v) is 5.39. The Morgan fingerprint density at radius 1 is 1.06 bits per heavy atom. The molecule has 2 aromatic rings. The molecule has 2 N–H and O–H groups in total. The Morgan fingerprint density at radius 3 is 2.42 bits per heavy atom. The summed E-state index contributed by atoms with van der Waals surface area (Å²) in [6.45, 7) is 4.18. The van der Waals surface area contributed by atoms with Gasteiger partial charge in [-0.2, -0.15) is 0 Å². The molecule has 3 rings (SSSR count). The molecule has 0 bridgehead atoms. The highest BCUT2D eigenvalue weighted by molar-refractivity contribution is 6.30. The summed E-state index contributed by atoms with van der Waals surface area (Å²) >= 11 is 5.91. The number of rotatable bonds is 9. The first-order valence-electron chi connectivity index (χ1n) is 10.6. The second-order valence-corrected chi connectivity index (χ2v) is 7.78. The Bertz CT molecular complexity index is 988. The van der Waals surface area contributed by atoms with Gasteiger partial charge in [-0.1, -0.05) is 17.7 Å². The van der Waals surface area contributed by atoms with Crippen LogP contribution in [0.15, 0.2) is 48.2 Å². The summed E-state index contributed by atoms with van der Waals surface area (Å²) in [6, 6.07) is 11.7. The van der Waals surface area contributed by atoms with Gasteiger partial charge in [-0.05, 0) is 48.0 Å². The first kappa shape index (κ1) is 24.6. The van der Waals surface area contributed by atoms with Gasteiger partial charge in [0.15, 0.2) is 11.5 Å². The zero-order valence-corrected chi connectivity index (χ0v) is 19.5. The van der Waals surface area contributed by atoms with Crippen molar-refractivity contribution in [1.29, 1.82) is 0 Å². The molecule has 0 aliphatic carbocycles. The van der Waals surface area contributed by atoms with E-state index in [-0.39, 0.29) is 11.6 Å². The van der Waals surface area contributed by atoms with Crippen LogP contribution in [-0.4, -0.2) is 70.3 Å². The highest BCUT2D eigenvalue weighted by Gasteiger charge is 2.16. The van der Waals surface area contributed by atoms with E-state index in [0.717, 1.165) is 13.1 Å². The van der Waals surface area contributed by atoms with Crippen LogP contribution >= 0.6 is 11.6 Å². The highest BCUT2D eigenvalue weighted by Crippen LogP contribution is 2.28. The van der Waals surface area contributed by atoms with E-state index in [4.69, 9.17) is 25.8 Å². The number of ether oxygens (including phenoxy) is 3. The van der Waals surface area contributed by atoms with Gasteiger partial charge in [-0.25, -0.2) is 0 Å². The lowest BCUT2D eigenvalue weighted by Crippen LogP contribution is -2.42. The molecule has 176 valence electrons. The number of carbonyl (C=O) groups excluding carboxylic acids is 2. The van der Waals surface area contributed by atoms with E-state index >= 15 is 0 Å². The molecule has 1 heterocycles. The molecule has 0 atom stereocenters. The molecule has 0 radical (unpaired) electrons. The van der Waals surface area contributed by atoms with Gasteiger partial charge in [-0.15, -0.1) is 0 Å². The van der Waals surface area contributed by atoms with Crippen LogP contribution in [0, 0.1) is 0 Å². The van der Waals surface area contributed by atoms with Crippen LogP contribution in [0.5, 0.6) is 11.5 Å². The Balaban J connectivity index is 1.77. The normalized spacial score (nSPS) is 14.5. The van der Waals surface area contributed by atoms with Crippen molar-refractivity contribution in [2.24, 2.45) is 0 Å². The maximum Gasteiger partial charge on any atom is 0.267 e. The number of methoxy groups -OCH3 is 2. The highest BCUT2D eigenvalue weighted by atomic mass is 35.5. The molecule has 8 nitrogen and oxygen atoms in total. The Hall–Kier alpha value is -3.07. The molecule has 33 heavy (non-hydrogen) atoms. The monoisotopic (exact) mass is 473 g/mol. The maximum absolute atomic E-state index is 13.0. The van der Waals surface area contributed by atoms with Crippen LogP contribution < -0.4 is 20.1 Å². The van der Waals surface area contributed by atoms with Gasteiger partial charge in [-0.3, -0.25) is 14.5 Å². The third kappa shape index (κ3) is 7.21. The fraction of sp³-hybridized carbons (Fsp3) is 0.333. The zero-order valence-electron chi connectivity index (χ0n) is 18.7. The summed E-state index contributed by atoms with van der Waals surface area (Å²) in [5.41, 5.74) is 1.17. The van der Waals surface area contributed by atoms with Crippen molar-refractivity contribution in [3.8, 4) is 11.5 Å². The van der Waals surface area contributed by atoms with Crippen LogP contribution in [0.3, 0.4) is 0 Å². The molecule has 2 aromatic carbocycles. The number of morpholine rings is 1.